The van der Waals surface area contributed by atoms with Crippen molar-refractivity contribution in [2.75, 3.05) is 25.0 Å². The van der Waals surface area contributed by atoms with E-state index in [0.29, 0.717) is 17.6 Å². The predicted octanol–water partition coefficient (Wildman–Crippen LogP) is 1.31. The fraction of sp³-hybridized carbons (Fsp3) is 0.500. The van der Waals surface area contributed by atoms with Crippen molar-refractivity contribution in [3.63, 3.8) is 0 Å². The lowest BCUT2D eigenvalue weighted by atomic mass is 9.94. The molecule has 21 heavy (non-hydrogen) atoms. The van der Waals surface area contributed by atoms with Gasteiger partial charge in [0.25, 0.3) is 0 Å². The van der Waals surface area contributed by atoms with Crippen LogP contribution in [0.1, 0.15) is 12.8 Å². The van der Waals surface area contributed by atoms with E-state index in [-0.39, 0.29) is 5.82 Å². The van der Waals surface area contributed by atoms with Crippen molar-refractivity contribution in [1.82, 2.24) is 25.1 Å². The Morgan fingerprint density at radius 2 is 2.14 bits per heavy atom. The zero-order valence-electron chi connectivity index (χ0n) is 11.6. The number of hydrogen-bond acceptors (Lipinski definition) is 5. The maximum absolute atomic E-state index is 14.1. The van der Waals surface area contributed by atoms with E-state index in [1.807, 2.05) is 0 Å². The van der Waals surface area contributed by atoms with Crippen LogP contribution in [-0.4, -0.2) is 50.8 Å². The number of aromatic nitrogens is 4. The number of piperidine rings is 1. The van der Waals surface area contributed by atoms with Gasteiger partial charge in [0.05, 0.1) is 11.4 Å². The van der Waals surface area contributed by atoms with Crippen LogP contribution >= 0.6 is 0 Å². The molecule has 3 heterocycles. The Bertz CT molecular complexity index is 628. The molecule has 2 fully saturated rings. The van der Waals surface area contributed by atoms with Crippen LogP contribution in [0.3, 0.4) is 0 Å². The van der Waals surface area contributed by atoms with Crippen molar-refractivity contribution in [2.24, 2.45) is 5.92 Å². The van der Waals surface area contributed by atoms with E-state index in [9.17, 15) is 4.39 Å². The number of halogens is 1. The number of tetrazole rings is 1. The number of hydrogen-bond donors (Lipinski definition) is 1. The summed E-state index contributed by atoms with van der Waals surface area (Å²) in [5, 5.41) is 14.5. The zero-order valence-corrected chi connectivity index (χ0v) is 11.6. The van der Waals surface area contributed by atoms with Gasteiger partial charge in [-0.25, -0.2) is 9.07 Å². The third kappa shape index (κ3) is 2.37. The maximum Gasteiger partial charge on any atom is 0.146 e. The SMILES string of the molecule is Fc1ccc(-n2cnnn2)cc1NC1CCN2CCC1C2. The molecular weight excluding hydrogens is 271 g/mol. The molecule has 4 rings (SSSR count). The highest BCUT2D eigenvalue weighted by atomic mass is 19.1. The molecule has 2 bridgehead atoms. The first-order valence-electron chi connectivity index (χ1n) is 7.31. The Labute approximate surface area is 121 Å². The summed E-state index contributed by atoms with van der Waals surface area (Å²) in [5.41, 5.74) is 1.29. The molecule has 2 aliphatic heterocycles. The van der Waals surface area contributed by atoms with Crippen LogP contribution in [0, 0.1) is 11.7 Å². The Morgan fingerprint density at radius 1 is 1.24 bits per heavy atom. The molecule has 0 saturated carbocycles. The number of nitrogens with one attached hydrogen (secondary N) is 1. The first-order chi connectivity index (χ1) is 10.3. The number of anilines is 1. The second kappa shape index (κ2) is 5.07. The summed E-state index contributed by atoms with van der Waals surface area (Å²) in [7, 11) is 0. The molecule has 6 nitrogen and oxygen atoms in total. The Kier molecular flexibility index (Phi) is 3.07. The monoisotopic (exact) mass is 288 g/mol. The zero-order chi connectivity index (χ0) is 14.2. The fourth-order valence-electron chi connectivity index (χ4n) is 3.39. The minimum absolute atomic E-state index is 0.229. The van der Waals surface area contributed by atoms with Gasteiger partial charge in [-0.05, 0) is 53.9 Å². The molecule has 3 atom stereocenters. The maximum atomic E-state index is 14.1. The van der Waals surface area contributed by atoms with E-state index < -0.39 is 0 Å². The minimum atomic E-state index is -0.229. The van der Waals surface area contributed by atoms with Crippen molar-refractivity contribution in [3.05, 3.63) is 30.3 Å². The summed E-state index contributed by atoms with van der Waals surface area (Å²) in [4.78, 5) is 2.48. The van der Waals surface area contributed by atoms with Crippen molar-refractivity contribution in [2.45, 2.75) is 18.9 Å². The molecular formula is C14H17FN6. The van der Waals surface area contributed by atoms with Gasteiger partial charge in [0.2, 0.25) is 0 Å². The summed E-state index contributed by atoms with van der Waals surface area (Å²) in [5.74, 6) is 0.391. The summed E-state index contributed by atoms with van der Waals surface area (Å²) in [6, 6.07) is 5.26. The van der Waals surface area contributed by atoms with E-state index in [1.54, 1.807) is 12.1 Å². The molecule has 3 unspecified atom stereocenters. The van der Waals surface area contributed by atoms with Crippen molar-refractivity contribution in [3.8, 4) is 5.69 Å². The fourth-order valence-corrected chi connectivity index (χ4v) is 3.39. The van der Waals surface area contributed by atoms with Gasteiger partial charge in [0.15, 0.2) is 0 Å². The van der Waals surface area contributed by atoms with Crippen LogP contribution in [0.25, 0.3) is 5.69 Å². The third-order valence-electron chi connectivity index (χ3n) is 4.54. The first-order valence-corrected chi connectivity index (χ1v) is 7.31. The Balaban J connectivity index is 1.58. The largest absolute Gasteiger partial charge is 0.380 e. The second-order valence-corrected chi connectivity index (χ2v) is 5.81. The molecule has 2 aromatic rings. The highest BCUT2D eigenvalue weighted by molar-refractivity contribution is 5.52. The van der Waals surface area contributed by atoms with Gasteiger partial charge >= 0.3 is 0 Å². The van der Waals surface area contributed by atoms with E-state index in [1.165, 1.54) is 30.0 Å². The van der Waals surface area contributed by atoms with Crippen LogP contribution in [0.15, 0.2) is 24.5 Å². The summed E-state index contributed by atoms with van der Waals surface area (Å²) < 4.78 is 15.6. The number of rotatable bonds is 3. The highest BCUT2D eigenvalue weighted by Gasteiger charge is 2.34. The van der Waals surface area contributed by atoms with E-state index in [2.05, 4.69) is 25.7 Å². The summed E-state index contributed by atoms with van der Waals surface area (Å²) >= 11 is 0. The highest BCUT2D eigenvalue weighted by Crippen LogP contribution is 2.30. The lowest BCUT2D eigenvalue weighted by Crippen LogP contribution is -2.39. The molecule has 1 aromatic carbocycles. The molecule has 0 amide bonds. The topological polar surface area (TPSA) is 58.9 Å². The molecule has 110 valence electrons. The number of nitrogens with zero attached hydrogens (tertiary/aromatic N) is 5. The van der Waals surface area contributed by atoms with Gasteiger partial charge in [-0.15, -0.1) is 5.10 Å². The number of benzene rings is 1. The van der Waals surface area contributed by atoms with Gasteiger partial charge in [-0.2, -0.15) is 0 Å². The Morgan fingerprint density at radius 3 is 3.00 bits per heavy atom. The van der Waals surface area contributed by atoms with Gasteiger partial charge in [0, 0.05) is 19.1 Å². The second-order valence-electron chi connectivity index (χ2n) is 5.81. The smallest absolute Gasteiger partial charge is 0.146 e. The standard InChI is InChI=1S/C14H17FN6/c15-12-2-1-11(21-9-16-18-19-21)7-14(12)17-13-4-6-20-5-3-10(13)8-20/h1-2,7,9-10,13,17H,3-6,8H2. The third-order valence-corrected chi connectivity index (χ3v) is 4.54. The predicted molar refractivity (Wildman–Crippen MR) is 75.7 cm³/mol. The number of fused-ring (bicyclic) bond motifs is 2. The van der Waals surface area contributed by atoms with Gasteiger partial charge < -0.3 is 10.2 Å². The quantitative estimate of drug-likeness (QED) is 0.922. The van der Waals surface area contributed by atoms with Crippen LogP contribution in [0.2, 0.25) is 0 Å². The van der Waals surface area contributed by atoms with Crippen molar-refractivity contribution < 1.29 is 4.39 Å². The summed E-state index contributed by atoms with van der Waals surface area (Å²) in [6.07, 6.45) is 3.78. The first kappa shape index (κ1) is 12.7. The molecule has 2 saturated heterocycles. The molecule has 0 spiro atoms. The average molecular weight is 288 g/mol. The van der Waals surface area contributed by atoms with Crippen LogP contribution < -0.4 is 5.32 Å². The van der Waals surface area contributed by atoms with Crippen molar-refractivity contribution >= 4 is 5.69 Å². The molecule has 7 heteroatoms. The Hall–Kier alpha value is -2.02. The lowest BCUT2D eigenvalue weighted by Gasteiger charge is -2.31. The van der Waals surface area contributed by atoms with Crippen LogP contribution in [0.4, 0.5) is 10.1 Å². The molecule has 1 N–H and O–H groups in total. The normalized spacial score (nSPS) is 27.8. The minimum Gasteiger partial charge on any atom is -0.380 e. The van der Waals surface area contributed by atoms with Crippen molar-refractivity contribution in [1.29, 1.82) is 0 Å². The summed E-state index contributed by atoms with van der Waals surface area (Å²) in [6.45, 7) is 3.41. The van der Waals surface area contributed by atoms with Crippen LogP contribution in [0.5, 0.6) is 0 Å². The van der Waals surface area contributed by atoms with E-state index >= 15 is 0 Å². The average Bonchev–Trinajstić information content (AvgIpc) is 3.14. The van der Waals surface area contributed by atoms with E-state index in [4.69, 9.17) is 0 Å². The molecule has 1 aromatic heterocycles. The molecule has 0 aliphatic carbocycles. The molecule has 0 radical (unpaired) electrons. The van der Waals surface area contributed by atoms with Gasteiger partial charge in [-0.1, -0.05) is 0 Å². The van der Waals surface area contributed by atoms with Crippen LogP contribution in [-0.2, 0) is 0 Å². The lowest BCUT2D eigenvalue weighted by molar-refractivity contribution is 0.254. The molecule has 2 aliphatic rings. The van der Waals surface area contributed by atoms with E-state index in [0.717, 1.165) is 25.2 Å². The van der Waals surface area contributed by atoms with Gasteiger partial charge in [-0.3, -0.25) is 0 Å². The van der Waals surface area contributed by atoms with Gasteiger partial charge in [0.1, 0.15) is 12.1 Å².